The number of likely N-dealkylation sites (N-methyl/N-ethyl adjacent to an activating group) is 2. The van der Waals surface area contributed by atoms with Crippen LogP contribution < -0.4 is 34.0 Å². The van der Waals surface area contributed by atoms with Gasteiger partial charge in [0.15, 0.2) is 0 Å². The maximum Gasteiger partial charge on any atom is 2.00 e. The van der Waals surface area contributed by atoms with Gasteiger partial charge in [-0.3, -0.25) is 28.9 Å². The molecule has 6 aromatic rings. The molecule has 0 aliphatic heterocycles. The molecule has 6 aromatic carbocycles. The Kier molecular flexibility index (Phi) is 91.3. The Morgan fingerprint density at radius 1 is 0.372 bits per heavy atom. The Hall–Kier alpha value is -4.57. The van der Waals surface area contributed by atoms with E-state index in [4.69, 9.17) is 51.5 Å². The Morgan fingerprint density at radius 2 is 0.511 bits per heavy atom. The fourth-order valence-corrected chi connectivity index (χ4v) is 4.89. The first-order valence-electron chi connectivity index (χ1n) is 25.5. The number of carbonyl (C=O) groups is 6. The number of allylic oxidation sites excluding steroid dienone is 2. The average molecular weight is 1600 g/mol. The Balaban J connectivity index is -0.000000106. The number of carboxylic acids is 2. The van der Waals surface area contributed by atoms with Crippen LogP contribution >= 0.6 is 65.9 Å². The van der Waals surface area contributed by atoms with Gasteiger partial charge in [0, 0.05) is 81.1 Å². The molecule has 94 heavy (non-hydrogen) atoms. The third kappa shape index (κ3) is 89.5. The molecule has 0 bridgehead atoms. The van der Waals surface area contributed by atoms with Gasteiger partial charge in [-0.1, -0.05) is 209 Å². The fraction of sp³-hybridized carbons (Fsp3) is 0.176. The minimum Gasteiger partial charge on any atom is -1.00 e. The second-order valence-corrected chi connectivity index (χ2v) is 22.9. The van der Waals surface area contributed by atoms with Crippen LogP contribution in [0.1, 0.15) is 89.8 Å². The third-order valence-corrected chi connectivity index (χ3v) is 8.70. The first kappa shape index (κ1) is 111. The van der Waals surface area contributed by atoms with Gasteiger partial charge in [0.05, 0.1) is 14.2 Å². The molecule has 0 unspecified atom stereocenters. The predicted molar refractivity (Wildman–Crippen MR) is 395 cm³/mol. The summed E-state index contributed by atoms with van der Waals surface area (Å²) < 4.78 is 18.2. The van der Waals surface area contributed by atoms with Crippen molar-refractivity contribution < 1.29 is 91.0 Å². The molecule has 0 aromatic heterocycles. The minimum absolute atomic E-state index is 0. The normalized spacial score (nSPS) is 9.40. The van der Waals surface area contributed by atoms with E-state index in [1.54, 1.807) is 50.6 Å². The number of hydrogen-bond acceptors (Lipinski definition) is 10. The maximum atomic E-state index is 11.3. The average Bonchev–Trinajstić information content (AvgIpc) is 2.07. The van der Waals surface area contributed by atoms with Crippen LogP contribution in [-0.4, -0.2) is 137 Å². The van der Waals surface area contributed by atoms with Gasteiger partial charge < -0.3 is 56.0 Å². The summed E-state index contributed by atoms with van der Waals surface area (Å²) in [5.74, 6) is 0.621. The zero-order chi connectivity index (χ0) is 67.5. The van der Waals surface area contributed by atoms with E-state index in [2.05, 4.69) is 84.3 Å². The molecule has 14 nitrogen and oxygen atoms in total. The van der Waals surface area contributed by atoms with E-state index in [1.165, 1.54) is 60.5 Å². The molecule has 0 aliphatic carbocycles. The van der Waals surface area contributed by atoms with Gasteiger partial charge in [-0.2, -0.15) is 41.5 Å². The van der Waals surface area contributed by atoms with Crippen LogP contribution in [0, 0.1) is 11.8 Å². The monoisotopic (exact) mass is 1600 g/mol. The van der Waals surface area contributed by atoms with Crippen LogP contribution in [0.3, 0.4) is 0 Å². The predicted octanol–water partition coefficient (Wildman–Crippen LogP) is 11.8. The molecule has 508 valence electrons. The van der Waals surface area contributed by atoms with Crippen LogP contribution in [0.25, 0.3) is 36.5 Å². The maximum absolute atomic E-state index is 11.3. The molecular weight excluding hydrogens is 1520 g/mol. The smallest absolute Gasteiger partial charge is 1.00 e. The number of hydroxylamine groups is 4. The standard InChI is InChI=1S/2C11H13NO2.2C9H7ClO.2C9H8O2.2C4H9.2CH4.2BrH.2Cl2OS.2Mg/c2*1-12(14-2)11(13)9-8-10-6-4-3-5-7-10;4*10-9(11)7-6-8-4-2-1-3-5-8;2*1-4(2)3;;;;;2*1-4(2)3;;/h2*3-9H,1-2H3;2*1-7H;2*1-7H,(H,10,11);2*1-3H3;2*1H4;2*1H;;;;/q;;;;;;2*-1;;;;;;;2*+2/p-2/b9-8+;9-8-;7-6+;7-6-;7-6+;7-6-;;;;;;;;;;. The van der Waals surface area contributed by atoms with Gasteiger partial charge in [-0.05, 0) is 93.0 Å². The van der Waals surface area contributed by atoms with Gasteiger partial charge in [-0.15, -0.1) is 0 Å². The first-order chi connectivity index (χ1) is 41.6. The summed E-state index contributed by atoms with van der Waals surface area (Å²) in [4.78, 5) is 72.8. The number of hydrogen-bond donors (Lipinski definition) is 2. The third-order valence-electron chi connectivity index (χ3n) is 8.45. The van der Waals surface area contributed by atoms with Crippen molar-refractivity contribution in [3.63, 3.8) is 0 Å². The Morgan fingerprint density at radius 3 is 0.638 bits per heavy atom. The molecule has 0 aliphatic rings. The van der Waals surface area contributed by atoms with Crippen molar-refractivity contribution in [1.29, 1.82) is 0 Å². The largest absolute Gasteiger partial charge is 2.00 e. The van der Waals surface area contributed by atoms with Gasteiger partial charge in [0.2, 0.25) is 28.9 Å². The summed E-state index contributed by atoms with van der Waals surface area (Å²) in [6.45, 7) is 12.5. The number of benzene rings is 6. The number of carbonyl (C=O) groups excluding carboxylic acids is 4. The number of nitrogens with zero attached hydrogens (tertiary/aromatic N) is 2. The Bertz CT molecular complexity index is 2710. The van der Waals surface area contributed by atoms with E-state index in [0.29, 0.717) is 0 Å². The van der Waals surface area contributed by atoms with Crippen LogP contribution in [0.15, 0.2) is 218 Å². The zero-order valence-corrected chi connectivity index (χ0v) is 64.5. The molecule has 0 radical (unpaired) electrons. The van der Waals surface area contributed by atoms with Crippen LogP contribution in [-0.2, 0) is 56.9 Å². The number of halogens is 8. The summed E-state index contributed by atoms with van der Waals surface area (Å²) in [5.41, 5.74) is 5.73. The number of rotatable bonds is 14. The molecule has 6 rings (SSSR count). The van der Waals surface area contributed by atoms with Crippen molar-refractivity contribution in [2.75, 3.05) is 28.3 Å². The summed E-state index contributed by atoms with van der Waals surface area (Å²) in [5, 5.41) is 18.0. The van der Waals surface area contributed by atoms with Gasteiger partial charge in [0.25, 0.3) is 11.8 Å². The van der Waals surface area contributed by atoms with E-state index >= 15 is 0 Å². The van der Waals surface area contributed by atoms with E-state index in [9.17, 15) is 28.8 Å². The summed E-state index contributed by atoms with van der Waals surface area (Å²) >= 11 is 10.2. The summed E-state index contributed by atoms with van der Waals surface area (Å²) in [6.07, 6.45) is 17.8. The molecule has 0 fully saturated rings. The van der Waals surface area contributed by atoms with Gasteiger partial charge in [0.1, 0.15) is 0 Å². The molecule has 0 saturated heterocycles. The van der Waals surface area contributed by atoms with Crippen LogP contribution in [0.5, 0.6) is 0 Å². The minimum atomic E-state index is -1.67. The molecule has 2 N–H and O–H groups in total. The van der Waals surface area contributed by atoms with Crippen molar-refractivity contribution in [1.82, 2.24) is 10.1 Å². The molecule has 0 spiro atoms. The van der Waals surface area contributed by atoms with Crippen molar-refractivity contribution in [2.45, 2.75) is 56.4 Å². The topological polar surface area (TPSA) is 202 Å². The quantitative estimate of drug-likeness (QED) is 0.0344. The van der Waals surface area contributed by atoms with E-state index in [0.717, 1.165) is 45.5 Å². The molecule has 0 heterocycles. The first-order valence-corrected chi connectivity index (χ1v) is 31.8. The van der Waals surface area contributed by atoms with Gasteiger partial charge in [-0.25, -0.2) is 28.1 Å². The van der Waals surface area contributed by atoms with Crippen molar-refractivity contribution >= 4 is 201 Å². The Labute approximate surface area is 644 Å². The number of carboxylic acid groups (broad SMARTS) is 2. The van der Waals surface area contributed by atoms with E-state index < -0.39 is 40.9 Å². The second-order valence-electron chi connectivity index (χ2n) is 17.2. The zero-order valence-electron chi connectivity index (χ0n) is 52.4. The molecule has 26 heteroatoms. The van der Waals surface area contributed by atoms with Crippen molar-refractivity contribution in [3.8, 4) is 0 Å². The second kappa shape index (κ2) is 77.4. The molecule has 0 atom stereocenters. The summed E-state index contributed by atoms with van der Waals surface area (Å²) in [7, 11) is 20.8. The van der Waals surface area contributed by atoms with Crippen LogP contribution in [0.4, 0.5) is 0 Å². The number of aliphatic carboxylic acids is 2. The summed E-state index contributed by atoms with van der Waals surface area (Å²) in [6, 6.07) is 56.9. The van der Waals surface area contributed by atoms with Crippen LogP contribution in [0.2, 0.25) is 0 Å². The van der Waals surface area contributed by atoms with Crippen molar-refractivity contribution in [3.05, 3.63) is 264 Å². The number of amides is 2. The van der Waals surface area contributed by atoms with Gasteiger partial charge >= 0.3 is 58.0 Å². The van der Waals surface area contributed by atoms with Crippen molar-refractivity contribution in [2.24, 2.45) is 0 Å². The fourth-order valence-electron chi connectivity index (χ4n) is 4.77. The van der Waals surface area contributed by atoms with E-state index in [-0.39, 0.29) is 107 Å². The molecule has 2 amide bonds. The SMILES string of the molecule is C.C.CON(C)C(=O)/C=C/c1ccccc1.CON(C)C(=O)/C=C\c1ccccc1.C[C-](C)C.C[C-](C)C.O=C(Cl)/C=C/c1ccccc1.O=C(Cl)/C=C\c1ccccc1.O=C(O)/C=C/c1ccccc1.O=C(O)/C=C\c1ccccc1.O=S(Cl)Cl.O=S(Cl)Cl.[Br-].[Br-].[Mg+2].[Mg+2]. The molecular formula is C68H82Br2Cl6Mg2N2O12S2. The van der Waals surface area contributed by atoms with E-state index in [1.807, 2.05) is 182 Å². The molecule has 0 saturated carbocycles.